The van der Waals surface area contributed by atoms with E-state index in [0.717, 1.165) is 73.1 Å². The summed E-state index contributed by atoms with van der Waals surface area (Å²) in [6, 6.07) is 3.93. The molecule has 0 N–H and O–H groups in total. The van der Waals surface area contributed by atoms with Crippen LogP contribution in [0.25, 0.3) is 0 Å². The molecule has 0 aromatic heterocycles. The molecule has 4 aliphatic carbocycles. The van der Waals surface area contributed by atoms with Gasteiger partial charge in [-0.1, -0.05) is 0 Å². The van der Waals surface area contributed by atoms with Crippen molar-refractivity contribution < 1.29 is 9.53 Å². The molecule has 4 heteroatoms. The van der Waals surface area contributed by atoms with Crippen molar-refractivity contribution in [3.8, 4) is 5.75 Å². The summed E-state index contributed by atoms with van der Waals surface area (Å²) in [7, 11) is 0. The van der Waals surface area contributed by atoms with E-state index in [9.17, 15) is 10.0 Å². The molecule has 4 nitrogen and oxygen atoms in total. The molecule has 28 heavy (non-hydrogen) atoms. The zero-order chi connectivity index (χ0) is 19.5. The molecule has 0 amide bonds. The molecule has 5 fully saturated rings. The Morgan fingerprint density at radius 2 is 1.46 bits per heavy atom. The fraction of sp³-hybridized carbons (Fsp3) is 0.708. The molecular formula is C24H33NO3. The van der Waals surface area contributed by atoms with Crippen molar-refractivity contribution in [3.05, 3.63) is 28.5 Å². The third-order valence-corrected chi connectivity index (χ3v) is 8.12. The van der Waals surface area contributed by atoms with Gasteiger partial charge in [-0.3, -0.25) is 4.79 Å². The van der Waals surface area contributed by atoms with Crippen molar-refractivity contribution in [2.75, 3.05) is 13.1 Å². The largest absolute Gasteiger partial charge is 0.627 e. The molecule has 5 aliphatic rings. The van der Waals surface area contributed by atoms with Gasteiger partial charge in [-0.15, -0.1) is 0 Å². The highest BCUT2D eigenvalue weighted by Gasteiger charge is 2.55. The fourth-order valence-corrected chi connectivity index (χ4v) is 7.17. The van der Waals surface area contributed by atoms with E-state index < -0.39 is 0 Å². The molecule has 0 spiro atoms. The van der Waals surface area contributed by atoms with Gasteiger partial charge in [-0.05, 0) is 101 Å². The Hall–Kier alpha value is -1.39. The van der Waals surface area contributed by atoms with Gasteiger partial charge in [0.25, 0.3) is 0 Å². The molecule has 0 unspecified atom stereocenters. The quantitative estimate of drug-likeness (QED) is 0.303. The highest BCUT2D eigenvalue weighted by atomic mass is 16.5. The molecule has 1 saturated heterocycles. The van der Waals surface area contributed by atoms with Gasteiger partial charge < -0.3 is 14.6 Å². The number of quaternary nitrogens is 1. The SMILES string of the molecule is Cc1cc([N+]2([O-])CCCCC2)cc(C)c1OC(=O)C12CC3CC(CC(C3)C1)C2. The second-order valence-electron chi connectivity index (χ2n) is 10.4. The average molecular weight is 384 g/mol. The lowest BCUT2D eigenvalue weighted by molar-refractivity contribution is -0.161. The number of hydrogen-bond donors (Lipinski definition) is 0. The van der Waals surface area contributed by atoms with Crippen LogP contribution >= 0.6 is 0 Å². The van der Waals surface area contributed by atoms with Crippen LogP contribution in [0.2, 0.25) is 0 Å². The van der Waals surface area contributed by atoms with Crippen LogP contribution in [0.4, 0.5) is 5.69 Å². The predicted octanol–water partition coefficient (Wildman–Crippen LogP) is 5.41. The van der Waals surface area contributed by atoms with Crippen LogP contribution in [0.5, 0.6) is 5.75 Å². The first-order valence-corrected chi connectivity index (χ1v) is 11.3. The van der Waals surface area contributed by atoms with Crippen molar-refractivity contribution in [2.45, 2.75) is 71.6 Å². The zero-order valence-electron chi connectivity index (χ0n) is 17.3. The lowest BCUT2D eigenvalue weighted by Crippen LogP contribution is -2.51. The number of benzene rings is 1. The van der Waals surface area contributed by atoms with Gasteiger partial charge in [-0.25, -0.2) is 0 Å². The highest BCUT2D eigenvalue weighted by molar-refractivity contribution is 5.80. The molecule has 0 radical (unpaired) electrons. The van der Waals surface area contributed by atoms with Gasteiger partial charge in [0.2, 0.25) is 0 Å². The Morgan fingerprint density at radius 1 is 0.964 bits per heavy atom. The molecule has 1 aromatic rings. The van der Waals surface area contributed by atoms with Crippen LogP contribution in [0, 0.1) is 42.2 Å². The van der Waals surface area contributed by atoms with E-state index in [4.69, 9.17) is 4.74 Å². The Kier molecular flexibility index (Phi) is 4.37. The van der Waals surface area contributed by atoms with Gasteiger partial charge in [0.05, 0.1) is 18.5 Å². The maximum absolute atomic E-state index is 13.3. The van der Waals surface area contributed by atoms with Gasteiger partial charge in [-0.2, -0.15) is 0 Å². The fourth-order valence-electron chi connectivity index (χ4n) is 7.17. The summed E-state index contributed by atoms with van der Waals surface area (Å²) in [5, 5.41) is 13.2. The van der Waals surface area contributed by atoms with Crippen LogP contribution in [-0.2, 0) is 4.79 Å². The number of piperidine rings is 1. The van der Waals surface area contributed by atoms with Gasteiger partial charge in [0.15, 0.2) is 0 Å². The van der Waals surface area contributed by atoms with Crippen molar-refractivity contribution in [3.63, 3.8) is 0 Å². The monoisotopic (exact) mass is 383 g/mol. The molecule has 6 rings (SSSR count). The van der Waals surface area contributed by atoms with Crippen LogP contribution in [0.1, 0.15) is 68.9 Å². The third-order valence-electron chi connectivity index (χ3n) is 8.12. The number of ether oxygens (including phenoxy) is 1. The van der Waals surface area contributed by atoms with Gasteiger partial charge >= 0.3 is 5.97 Å². The summed E-state index contributed by atoms with van der Waals surface area (Å²) in [6.07, 6.45) is 10.2. The van der Waals surface area contributed by atoms with E-state index in [-0.39, 0.29) is 16.0 Å². The van der Waals surface area contributed by atoms with Crippen LogP contribution in [-0.4, -0.2) is 19.1 Å². The Balaban J connectivity index is 1.39. The number of rotatable bonds is 3. The minimum Gasteiger partial charge on any atom is -0.627 e. The normalized spacial score (nSPS) is 35.8. The minimum atomic E-state index is -0.245. The highest BCUT2D eigenvalue weighted by Crippen LogP contribution is 2.60. The number of carbonyl (C=O) groups is 1. The van der Waals surface area contributed by atoms with E-state index in [0.29, 0.717) is 18.8 Å². The molecule has 4 bridgehead atoms. The molecule has 1 heterocycles. The van der Waals surface area contributed by atoms with Crippen LogP contribution in [0.3, 0.4) is 0 Å². The molecular weight excluding hydrogens is 350 g/mol. The topological polar surface area (TPSA) is 49.4 Å². The smallest absolute Gasteiger partial charge is 0.317 e. The summed E-state index contributed by atoms with van der Waals surface area (Å²) in [5.41, 5.74) is 2.43. The number of carbonyl (C=O) groups excluding carboxylic acids is 1. The summed E-state index contributed by atoms with van der Waals surface area (Å²) < 4.78 is 5.86. The first kappa shape index (κ1) is 18.6. The van der Waals surface area contributed by atoms with E-state index in [1.807, 2.05) is 26.0 Å². The first-order valence-electron chi connectivity index (χ1n) is 11.3. The van der Waals surface area contributed by atoms with Gasteiger partial charge in [0.1, 0.15) is 11.4 Å². The molecule has 1 aromatic carbocycles. The van der Waals surface area contributed by atoms with E-state index in [1.54, 1.807) is 0 Å². The Labute approximate surface area is 168 Å². The number of esters is 1. The maximum atomic E-state index is 13.3. The molecule has 1 aliphatic heterocycles. The van der Waals surface area contributed by atoms with Crippen molar-refractivity contribution in [2.24, 2.45) is 23.2 Å². The number of nitrogens with zero attached hydrogens (tertiary/aromatic N) is 1. The number of hydrogen-bond acceptors (Lipinski definition) is 3. The Bertz CT molecular complexity index is 735. The van der Waals surface area contributed by atoms with Gasteiger partial charge in [0, 0.05) is 12.1 Å². The van der Waals surface area contributed by atoms with E-state index in [1.165, 1.54) is 19.3 Å². The summed E-state index contributed by atoms with van der Waals surface area (Å²) >= 11 is 0. The second kappa shape index (κ2) is 6.56. The lowest BCUT2D eigenvalue weighted by atomic mass is 9.49. The predicted molar refractivity (Wildman–Crippen MR) is 111 cm³/mol. The maximum Gasteiger partial charge on any atom is 0.317 e. The standard InChI is InChI=1S/C24H33NO3/c1-16-8-21(25(27)6-4-3-5-7-25)9-17(2)22(16)28-23(26)24-13-18-10-19(14-24)12-20(11-18)15-24/h8-9,18-20H,3-7,10-15H2,1-2H3. The Morgan fingerprint density at radius 3 is 1.96 bits per heavy atom. The minimum absolute atomic E-state index is 0.00505. The summed E-state index contributed by atoms with van der Waals surface area (Å²) in [5.74, 6) is 2.87. The van der Waals surface area contributed by atoms with Crippen LogP contribution < -0.4 is 9.38 Å². The van der Waals surface area contributed by atoms with Crippen molar-refractivity contribution >= 4 is 11.7 Å². The van der Waals surface area contributed by atoms with Crippen molar-refractivity contribution in [1.82, 2.24) is 4.65 Å². The lowest BCUT2D eigenvalue weighted by Gasteiger charge is -2.55. The van der Waals surface area contributed by atoms with E-state index in [2.05, 4.69) is 0 Å². The zero-order valence-corrected chi connectivity index (χ0v) is 17.3. The second-order valence-corrected chi connectivity index (χ2v) is 10.4. The number of aryl methyl sites for hydroxylation is 2. The summed E-state index contributed by atoms with van der Waals surface area (Å²) in [4.78, 5) is 13.3. The molecule has 4 saturated carbocycles. The van der Waals surface area contributed by atoms with Crippen molar-refractivity contribution in [1.29, 1.82) is 0 Å². The summed E-state index contributed by atoms with van der Waals surface area (Å²) in [6.45, 7) is 5.28. The van der Waals surface area contributed by atoms with Crippen LogP contribution in [0.15, 0.2) is 12.1 Å². The average Bonchev–Trinajstić information content (AvgIpc) is 2.64. The first-order chi connectivity index (χ1) is 13.4. The molecule has 152 valence electrons. The number of hydroxylamine groups is 2. The molecule has 0 atom stereocenters. The third kappa shape index (κ3) is 3.00. The van der Waals surface area contributed by atoms with E-state index >= 15 is 0 Å².